The van der Waals surface area contributed by atoms with Crippen molar-refractivity contribution in [1.29, 1.82) is 0 Å². The third-order valence-corrected chi connectivity index (χ3v) is 3.26. The van der Waals surface area contributed by atoms with E-state index in [0.717, 1.165) is 0 Å². The van der Waals surface area contributed by atoms with Gasteiger partial charge in [0.25, 0.3) is 5.91 Å². The second-order valence-corrected chi connectivity index (χ2v) is 4.64. The molecule has 3 N–H and O–H groups in total. The van der Waals surface area contributed by atoms with Gasteiger partial charge in [0.05, 0.1) is 12.1 Å². The highest BCUT2D eigenvalue weighted by molar-refractivity contribution is 5.97. The minimum Gasteiger partial charge on any atom is -0.504 e. The molecular weight excluding hydrogens is 264 g/mol. The summed E-state index contributed by atoms with van der Waals surface area (Å²) in [6.07, 6.45) is 0. The van der Waals surface area contributed by atoms with Crippen molar-refractivity contribution in [1.82, 2.24) is 9.80 Å². The van der Waals surface area contributed by atoms with Crippen molar-refractivity contribution < 1.29 is 24.9 Å². The maximum absolute atomic E-state index is 12.2. The highest BCUT2D eigenvalue weighted by Gasteiger charge is 2.25. The van der Waals surface area contributed by atoms with Crippen LogP contribution in [-0.4, -0.2) is 69.7 Å². The number of phenols is 2. The first-order valence-electron chi connectivity index (χ1n) is 6.23. The first kappa shape index (κ1) is 14.1. The largest absolute Gasteiger partial charge is 0.504 e. The Morgan fingerprint density at radius 3 is 2.35 bits per heavy atom. The van der Waals surface area contributed by atoms with Crippen molar-refractivity contribution in [3.63, 3.8) is 0 Å². The number of carbonyl (C=O) groups excluding carboxylic acids is 1. The number of amides is 1. The minimum atomic E-state index is -0.893. The van der Waals surface area contributed by atoms with E-state index < -0.39 is 11.7 Å². The van der Waals surface area contributed by atoms with Crippen LogP contribution in [0.3, 0.4) is 0 Å². The van der Waals surface area contributed by atoms with E-state index in [9.17, 15) is 19.8 Å². The van der Waals surface area contributed by atoms with Gasteiger partial charge in [0, 0.05) is 26.2 Å². The Labute approximate surface area is 115 Å². The van der Waals surface area contributed by atoms with Crippen LogP contribution in [0.5, 0.6) is 11.5 Å². The molecule has 0 aliphatic carbocycles. The number of aromatic hydroxyl groups is 2. The summed E-state index contributed by atoms with van der Waals surface area (Å²) in [4.78, 5) is 26.1. The number of para-hydroxylation sites is 1. The zero-order chi connectivity index (χ0) is 14.7. The Kier molecular flexibility index (Phi) is 4.09. The number of aliphatic carboxylic acids is 1. The van der Waals surface area contributed by atoms with Gasteiger partial charge in [-0.05, 0) is 12.1 Å². The minimum absolute atomic E-state index is 0.0423. The summed E-state index contributed by atoms with van der Waals surface area (Å²) in [7, 11) is 0. The molecule has 0 radical (unpaired) electrons. The van der Waals surface area contributed by atoms with Crippen LogP contribution in [0.25, 0.3) is 0 Å². The number of benzene rings is 1. The van der Waals surface area contributed by atoms with Gasteiger partial charge in [-0.3, -0.25) is 14.5 Å². The molecule has 0 saturated carbocycles. The molecule has 0 atom stereocenters. The summed E-state index contributed by atoms with van der Waals surface area (Å²) in [6.45, 7) is 1.68. The molecule has 1 aliphatic rings. The van der Waals surface area contributed by atoms with Crippen molar-refractivity contribution in [2.75, 3.05) is 32.7 Å². The van der Waals surface area contributed by atoms with Gasteiger partial charge in [-0.25, -0.2) is 0 Å². The first-order chi connectivity index (χ1) is 9.49. The summed E-state index contributed by atoms with van der Waals surface area (Å²) < 4.78 is 0. The van der Waals surface area contributed by atoms with Crippen LogP contribution in [0, 0.1) is 0 Å². The molecule has 108 valence electrons. The van der Waals surface area contributed by atoms with Gasteiger partial charge in [0.2, 0.25) is 0 Å². The van der Waals surface area contributed by atoms with E-state index in [1.165, 1.54) is 23.1 Å². The highest BCUT2D eigenvalue weighted by atomic mass is 16.4. The molecule has 7 nitrogen and oxygen atoms in total. The fraction of sp³-hybridized carbons (Fsp3) is 0.385. The predicted molar refractivity (Wildman–Crippen MR) is 69.8 cm³/mol. The van der Waals surface area contributed by atoms with Crippen molar-refractivity contribution in [3.8, 4) is 11.5 Å². The second-order valence-electron chi connectivity index (χ2n) is 4.64. The number of carboxylic acids is 1. The maximum atomic E-state index is 12.2. The summed E-state index contributed by atoms with van der Waals surface area (Å²) in [5, 5.41) is 27.8. The number of hydrogen-bond acceptors (Lipinski definition) is 5. The smallest absolute Gasteiger partial charge is 0.317 e. The average molecular weight is 280 g/mol. The zero-order valence-corrected chi connectivity index (χ0v) is 10.8. The molecule has 0 bridgehead atoms. The van der Waals surface area contributed by atoms with Crippen LogP contribution >= 0.6 is 0 Å². The van der Waals surface area contributed by atoms with E-state index in [1.54, 1.807) is 4.90 Å². The van der Waals surface area contributed by atoms with Crippen molar-refractivity contribution in [2.24, 2.45) is 0 Å². The molecule has 20 heavy (non-hydrogen) atoms. The fourth-order valence-electron chi connectivity index (χ4n) is 2.17. The molecule has 1 amide bonds. The van der Waals surface area contributed by atoms with Gasteiger partial charge in [0.15, 0.2) is 11.5 Å². The molecule has 1 aromatic carbocycles. The number of nitrogens with zero attached hydrogens (tertiary/aromatic N) is 2. The SMILES string of the molecule is O=C(O)CN1CCN(C(=O)c2cccc(O)c2O)CC1. The van der Waals surface area contributed by atoms with Gasteiger partial charge >= 0.3 is 5.97 Å². The molecule has 1 aliphatic heterocycles. The van der Waals surface area contributed by atoms with E-state index in [-0.39, 0.29) is 23.8 Å². The van der Waals surface area contributed by atoms with Crippen LogP contribution in [-0.2, 0) is 4.79 Å². The van der Waals surface area contributed by atoms with Crippen LogP contribution in [0.1, 0.15) is 10.4 Å². The second kappa shape index (κ2) is 5.79. The quantitative estimate of drug-likeness (QED) is 0.671. The van der Waals surface area contributed by atoms with E-state index in [2.05, 4.69) is 0 Å². The number of hydrogen-bond donors (Lipinski definition) is 3. The highest BCUT2D eigenvalue weighted by Crippen LogP contribution is 2.29. The van der Waals surface area contributed by atoms with Gasteiger partial charge in [-0.2, -0.15) is 0 Å². The van der Waals surface area contributed by atoms with E-state index in [1.807, 2.05) is 0 Å². The number of rotatable bonds is 3. The number of phenolic OH excluding ortho intramolecular Hbond substituents is 2. The molecular formula is C13H16N2O5. The molecule has 0 unspecified atom stereocenters. The summed E-state index contributed by atoms with van der Waals surface area (Å²) >= 11 is 0. The van der Waals surface area contributed by atoms with Gasteiger partial charge in [-0.1, -0.05) is 6.07 Å². The Hall–Kier alpha value is -2.28. The van der Waals surface area contributed by atoms with Crippen LogP contribution in [0.15, 0.2) is 18.2 Å². The normalized spacial score (nSPS) is 16.1. The van der Waals surface area contributed by atoms with E-state index in [0.29, 0.717) is 26.2 Å². The van der Waals surface area contributed by atoms with Gasteiger partial charge in [0.1, 0.15) is 0 Å². The molecule has 0 spiro atoms. The molecule has 7 heteroatoms. The Balaban J connectivity index is 2.02. The van der Waals surface area contributed by atoms with Gasteiger partial charge < -0.3 is 20.2 Å². The fourth-order valence-corrected chi connectivity index (χ4v) is 2.17. The predicted octanol–water partition coefficient (Wildman–Crippen LogP) is -0.0598. The maximum Gasteiger partial charge on any atom is 0.317 e. The number of carboxylic acid groups (broad SMARTS) is 1. The lowest BCUT2D eigenvalue weighted by Gasteiger charge is -2.33. The summed E-state index contributed by atoms with van der Waals surface area (Å²) in [5.41, 5.74) is 0.0525. The first-order valence-corrected chi connectivity index (χ1v) is 6.23. The lowest BCUT2D eigenvalue weighted by Crippen LogP contribution is -2.49. The third kappa shape index (κ3) is 3.00. The lowest BCUT2D eigenvalue weighted by atomic mass is 10.1. The summed E-state index contributed by atoms with van der Waals surface area (Å²) in [6, 6.07) is 4.24. The van der Waals surface area contributed by atoms with Crippen molar-refractivity contribution in [2.45, 2.75) is 0 Å². The Morgan fingerprint density at radius 2 is 1.75 bits per heavy atom. The van der Waals surface area contributed by atoms with Crippen LogP contribution < -0.4 is 0 Å². The number of piperazine rings is 1. The topological polar surface area (TPSA) is 101 Å². The molecule has 2 rings (SSSR count). The molecule has 1 aromatic rings. The molecule has 1 saturated heterocycles. The van der Waals surface area contributed by atoms with Crippen LogP contribution in [0.2, 0.25) is 0 Å². The van der Waals surface area contributed by atoms with Crippen LogP contribution in [0.4, 0.5) is 0 Å². The Bertz CT molecular complexity index is 523. The molecule has 0 aromatic heterocycles. The monoisotopic (exact) mass is 280 g/mol. The molecule has 1 fully saturated rings. The standard InChI is InChI=1S/C13H16N2O5/c16-10-3-1-2-9(12(10)19)13(20)15-6-4-14(5-7-15)8-11(17)18/h1-3,16,19H,4-8H2,(H,17,18). The van der Waals surface area contributed by atoms with E-state index in [4.69, 9.17) is 5.11 Å². The van der Waals surface area contributed by atoms with Gasteiger partial charge in [-0.15, -0.1) is 0 Å². The van der Waals surface area contributed by atoms with Crippen molar-refractivity contribution in [3.05, 3.63) is 23.8 Å². The zero-order valence-electron chi connectivity index (χ0n) is 10.8. The Morgan fingerprint density at radius 1 is 1.10 bits per heavy atom. The molecule has 1 heterocycles. The van der Waals surface area contributed by atoms with E-state index >= 15 is 0 Å². The number of carbonyl (C=O) groups is 2. The summed E-state index contributed by atoms with van der Waals surface area (Å²) in [5.74, 6) is -2.02. The lowest BCUT2D eigenvalue weighted by molar-refractivity contribution is -0.138. The average Bonchev–Trinajstić information content (AvgIpc) is 2.41. The van der Waals surface area contributed by atoms with Crippen molar-refractivity contribution >= 4 is 11.9 Å². The third-order valence-electron chi connectivity index (χ3n) is 3.26.